The number of para-hydroxylation sites is 2. The number of anilines is 6. The van der Waals surface area contributed by atoms with Crippen LogP contribution in [0, 0.1) is 0 Å². The van der Waals surface area contributed by atoms with Crippen molar-refractivity contribution in [3.63, 3.8) is 0 Å². The second-order valence-electron chi connectivity index (χ2n) is 24.9. The third-order valence-corrected chi connectivity index (χ3v) is 22.4. The van der Waals surface area contributed by atoms with Crippen molar-refractivity contribution in [1.29, 1.82) is 0 Å². The van der Waals surface area contributed by atoms with Gasteiger partial charge in [-0.2, -0.15) is 0 Å². The molecular formula is C92H61N3S3. The first kappa shape index (κ1) is 58.7. The highest BCUT2D eigenvalue weighted by atomic mass is 32.1. The van der Waals surface area contributed by atoms with Crippen molar-refractivity contribution in [2.24, 2.45) is 0 Å². The fraction of sp³-hybridized carbons (Fsp3) is 0. The summed E-state index contributed by atoms with van der Waals surface area (Å²) < 4.78 is 7.92. The van der Waals surface area contributed by atoms with E-state index >= 15 is 0 Å². The third kappa shape index (κ3) is 11.2. The molecule has 0 saturated carbocycles. The molecule has 20 aromatic rings. The fourth-order valence-electron chi connectivity index (χ4n) is 14.2. The lowest BCUT2D eigenvalue weighted by molar-refractivity contribution is 1.58. The summed E-state index contributed by atoms with van der Waals surface area (Å²) >= 11 is 5.61. The molecule has 0 saturated heterocycles. The Hall–Kier alpha value is -11.9. The van der Waals surface area contributed by atoms with Crippen LogP contribution in [0.2, 0.25) is 0 Å². The number of rotatable bonds is 10. The minimum absolute atomic E-state index is 1.10. The number of hydrogen-bond donors (Lipinski definition) is 3. The van der Waals surface area contributed by atoms with E-state index in [0.29, 0.717) is 0 Å². The van der Waals surface area contributed by atoms with Gasteiger partial charge in [-0.05, 0) is 179 Å². The van der Waals surface area contributed by atoms with E-state index in [1.807, 2.05) is 40.1 Å². The van der Waals surface area contributed by atoms with E-state index in [-0.39, 0.29) is 0 Å². The van der Waals surface area contributed by atoms with Gasteiger partial charge in [-0.3, -0.25) is 0 Å². The molecule has 0 aliphatic heterocycles. The minimum atomic E-state index is 1.10. The maximum Gasteiger partial charge on any atom is 0.0485 e. The highest BCUT2D eigenvalue weighted by Crippen LogP contribution is 2.48. The van der Waals surface area contributed by atoms with Gasteiger partial charge in [0.05, 0.1) is 0 Å². The predicted molar refractivity (Wildman–Crippen MR) is 430 cm³/mol. The molecule has 98 heavy (non-hydrogen) atoms. The van der Waals surface area contributed by atoms with E-state index in [1.54, 1.807) is 0 Å². The quantitative estimate of drug-likeness (QED) is 0.119. The number of benzene rings is 17. The van der Waals surface area contributed by atoms with E-state index < -0.39 is 0 Å². The van der Waals surface area contributed by atoms with Crippen molar-refractivity contribution < 1.29 is 0 Å². The standard InChI is InChI=1S/C34H21NS.C34H23NS.C24H17NS/c1-2-9-26(10-3-1)35-29-18-17-27(34-33(29)28-11-4-5-12-30(28)36-34)25-19-23-15-13-21-7-6-8-22-14-16-24(20-25)32(23)31(21)22;1-2-8-23(9-3-1)25-14-16-26(17-15-25)31-21-29(22-32-30-12-6-7-13-33(30)36-34(31)32)35-28-19-18-24-10-4-5-11-27(24)20-28;1-3-9-17(10-4-1)18-15-21(25-19-11-5-2-6-12-19)24-20-13-7-8-14-22(20)26-23(24)16-18/h1-20,35H;1-22,35H;1-16,25H. The van der Waals surface area contributed by atoms with Crippen LogP contribution in [-0.2, 0) is 0 Å². The molecule has 0 bridgehead atoms. The molecule has 17 aromatic carbocycles. The highest BCUT2D eigenvalue weighted by Gasteiger charge is 2.19. The summed E-state index contributed by atoms with van der Waals surface area (Å²) in [5.74, 6) is 0. The number of hydrogen-bond acceptors (Lipinski definition) is 6. The molecular weight excluding hydrogens is 1240 g/mol. The van der Waals surface area contributed by atoms with Crippen molar-refractivity contribution in [3.8, 4) is 44.5 Å². The van der Waals surface area contributed by atoms with Crippen molar-refractivity contribution >= 4 is 172 Å². The molecule has 3 nitrogen and oxygen atoms in total. The van der Waals surface area contributed by atoms with Crippen molar-refractivity contribution in [3.05, 3.63) is 352 Å². The normalized spacial score (nSPS) is 11.5. The Labute approximate surface area is 579 Å². The monoisotopic (exact) mass is 1300 g/mol. The largest absolute Gasteiger partial charge is 0.355 e. The Morgan fingerprint density at radius 1 is 0.184 bits per heavy atom. The zero-order valence-electron chi connectivity index (χ0n) is 53.2. The molecule has 3 heterocycles. The topological polar surface area (TPSA) is 36.1 Å². The summed E-state index contributed by atoms with van der Waals surface area (Å²) in [6.45, 7) is 0. The Balaban J connectivity index is 0.000000108. The number of nitrogens with one attached hydrogen (secondary N) is 3. The Morgan fingerprint density at radius 3 is 1.35 bits per heavy atom. The van der Waals surface area contributed by atoms with Crippen LogP contribution in [0.1, 0.15) is 0 Å². The van der Waals surface area contributed by atoms with Gasteiger partial charge in [0.2, 0.25) is 0 Å². The summed E-state index contributed by atoms with van der Waals surface area (Å²) in [4.78, 5) is 0. The van der Waals surface area contributed by atoms with Crippen LogP contribution >= 0.6 is 34.0 Å². The lowest BCUT2D eigenvalue weighted by atomic mass is 9.91. The van der Waals surface area contributed by atoms with E-state index in [2.05, 4.69) is 362 Å². The fourth-order valence-corrected chi connectivity index (χ4v) is 17.8. The molecule has 3 N–H and O–H groups in total. The van der Waals surface area contributed by atoms with E-state index in [1.165, 1.54) is 148 Å². The van der Waals surface area contributed by atoms with Gasteiger partial charge in [-0.1, -0.05) is 255 Å². The highest BCUT2D eigenvalue weighted by molar-refractivity contribution is 7.27. The van der Waals surface area contributed by atoms with Gasteiger partial charge in [0.1, 0.15) is 0 Å². The van der Waals surface area contributed by atoms with Crippen LogP contribution in [0.5, 0.6) is 0 Å². The second kappa shape index (κ2) is 25.3. The Kier molecular flexibility index (Phi) is 15.2. The van der Waals surface area contributed by atoms with E-state index in [9.17, 15) is 0 Å². The van der Waals surface area contributed by atoms with Gasteiger partial charge in [0.25, 0.3) is 0 Å². The minimum Gasteiger partial charge on any atom is -0.355 e. The van der Waals surface area contributed by atoms with Crippen LogP contribution in [0.25, 0.3) is 148 Å². The summed E-state index contributed by atoms with van der Waals surface area (Å²) in [5.41, 5.74) is 16.7. The van der Waals surface area contributed by atoms with Crippen molar-refractivity contribution in [1.82, 2.24) is 0 Å². The molecule has 20 rings (SSSR count). The molecule has 6 heteroatoms. The van der Waals surface area contributed by atoms with Gasteiger partial charge in [0.15, 0.2) is 0 Å². The molecule has 0 radical (unpaired) electrons. The molecule has 462 valence electrons. The van der Waals surface area contributed by atoms with Crippen LogP contribution in [-0.4, -0.2) is 0 Å². The molecule has 0 aliphatic rings. The van der Waals surface area contributed by atoms with Gasteiger partial charge < -0.3 is 16.0 Å². The zero-order chi connectivity index (χ0) is 64.9. The smallest absolute Gasteiger partial charge is 0.0485 e. The molecule has 0 spiro atoms. The maximum atomic E-state index is 3.69. The Morgan fingerprint density at radius 2 is 0.673 bits per heavy atom. The first-order valence-electron chi connectivity index (χ1n) is 33.2. The lowest BCUT2D eigenvalue weighted by Crippen LogP contribution is -1.91. The summed E-state index contributed by atoms with van der Waals surface area (Å²) in [5, 5.41) is 29.3. The third-order valence-electron chi connectivity index (χ3n) is 18.8. The lowest BCUT2D eigenvalue weighted by Gasteiger charge is -2.14. The summed E-state index contributed by atoms with van der Waals surface area (Å²) in [6, 6.07) is 126. The molecule has 0 aliphatic carbocycles. The van der Waals surface area contributed by atoms with Crippen LogP contribution in [0.4, 0.5) is 34.1 Å². The summed E-state index contributed by atoms with van der Waals surface area (Å²) in [6.07, 6.45) is 0. The molecule has 3 aromatic heterocycles. The summed E-state index contributed by atoms with van der Waals surface area (Å²) in [7, 11) is 0. The number of thiophene rings is 3. The van der Waals surface area contributed by atoms with Crippen molar-refractivity contribution in [2.45, 2.75) is 0 Å². The van der Waals surface area contributed by atoms with Gasteiger partial charge in [0, 0.05) is 100 Å². The SMILES string of the molecule is c1ccc(-c2ccc(-c3cc(Nc4ccc5ccccc5c4)cc4c3sc3ccccc34)cc2)cc1.c1ccc(Nc2cc(-c3ccccc3)cc3sc4ccccc4c23)cc1.c1ccc(Nc2ccc(-c3cc4ccc5cccc6ccc(c3)c4c56)c3sc4ccccc4c23)cc1. The van der Waals surface area contributed by atoms with Gasteiger partial charge >= 0.3 is 0 Å². The maximum absolute atomic E-state index is 3.69. The van der Waals surface area contributed by atoms with Gasteiger partial charge in [-0.15, -0.1) is 34.0 Å². The van der Waals surface area contributed by atoms with Crippen LogP contribution in [0.3, 0.4) is 0 Å². The molecule has 0 fully saturated rings. The average molecular weight is 1300 g/mol. The number of fused-ring (bicyclic) bond motifs is 10. The molecule has 0 atom stereocenters. The second-order valence-corrected chi connectivity index (χ2v) is 28.1. The van der Waals surface area contributed by atoms with Gasteiger partial charge in [-0.25, -0.2) is 0 Å². The first-order valence-corrected chi connectivity index (χ1v) is 35.6. The van der Waals surface area contributed by atoms with E-state index in [0.717, 1.165) is 34.1 Å². The molecule has 0 amide bonds. The van der Waals surface area contributed by atoms with Crippen LogP contribution < -0.4 is 16.0 Å². The molecule has 0 unspecified atom stereocenters. The van der Waals surface area contributed by atoms with Crippen molar-refractivity contribution in [2.75, 3.05) is 16.0 Å². The Bertz CT molecular complexity index is 6250. The first-order chi connectivity index (χ1) is 48.5. The van der Waals surface area contributed by atoms with E-state index in [4.69, 9.17) is 0 Å². The predicted octanol–water partition coefficient (Wildman–Crippen LogP) is 28.1. The average Bonchev–Trinajstić information content (AvgIpc) is 1.24. The zero-order valence-corrected chi connectivity index (χ0v) is 55.7. The van der Waals surface area contributed by atoms with Crippen LogP contribution in [0.15, 0.2) is 352 Å².